The van der Waals surface area contributed by atoms with Crippen LogP contribution in [0.3, 0.4) is 0 Å². The third-order valence-electron chi connectivity index (χ3n) is 2.71. The first-order chi connectivity index (χ1) is 9.81. The van der Waals surface area contributed by atoms with Gasteiger partial charge in [0, 0.05) is 10.7 Å². The van der Waals surface area contributed by atoms with Gasteiger partial charge in [-0.1, -0.05) is 6.07 Å². The van der Waals surface area contributed by atoms with Crippen molar-refractivity contribution in [1.82, 2.24) is 4.98 Å². The summed E-state index contributed by atoms with van der Waals surface area (Å²) in [6.45, 7) is 1.73. The molecule has 0 aliphatic carbocycles. The molecule has 0 saturated heterocycles. The zero-order valence-electron chi connectivity index (χ0n) is 10.9. The zero-order chi connectivity index (χ0) is 15.6. The number of nitrogens with one attached hydrogen (secondary N) is 1. The Hall–Kier alpha value is -1.93. The SMILES string of the molecule is Cc1cccnc1NS(=O)(=O)c1ccc(C(=O)O)cc1Br. The van der Waals surface area contributed by atoms with Gasteiger partial charge in [0.25, 0.3) is 10.0 Å². The average Bonchev–Trinajstić information content (AvgIpc) is 2.40. The predicted molar refractivity (Wildman–Crippen MR) is 80.9 cm³/mol. The summed E-state index contributed by atoms with van der Waals surface area (Å²) in [4.78, 5) is 14.8. The van der Waals surface area contributed by atoms with E-state index in [0.29, 0.717) is 5.56 Å². The number of anilines is 1. The molecule has 0 aliphatic rings. The van der Waals surface area contributed by atoms with E-state index in [1.165, 1.54) is 24.4 Å². The van der Waals surface area contributed by atoms with Crippen molar-refractivity contribution in [2.45, 2.75) is 11.8 Å². The number of benzene rings is 1. The Labute approximate surface area is 130 Å². The van der Waals surface area contributed by atoms with Gasteiger partial charge in [0.05, 0.1) is 5.56 Å². The topological polar surface area (TPSA) is 96.4 Å². The number of aromatic nitrogens is 1. The summed E-state index contributed by atoms with van der Waals surface area (Å²) in [5.41, 5.74) is 0.675. The zero-order valence-corrected chi connectivity index (χ0v) is 13.3. The van der Waals surface area contributed by atoms with Crippen LogP contribution in [0.5, 0.6) is 0 Å². The number of carboxylic acids is 1. The lowest BCUT2D eigenvalue weighted by atomic mass is 10.2. The van der Waals surface area contributed by atoms with Crippen LogP contribution in [0.25, 0.3) is 0 Å². The van der Waals surface area contributed by atoms with Gasteiger partial charge >= 0.3 is 5.97 Å². The molecule has 0 amide bonds. The van der Waals surface area contributed by atoms with Crippen molar-refractivity contribution < 1.29 is 18.3 Å². The first kappa shape index (κ1) is 15.5. The molecule has 1 heterocycles. The minimum absolute atomic E-state index is 0.00478. The van der Waals surface area contributed by atoms with Gasteiger partial charge in [-0.2, -0.15) is 0 Å². The van der Waals surface area contributed by atoms with E-state index in [2.05, 4.69) is 25.6 Å². The maximum atomic E-state index is 12.3. The fourth-order valence-electron chi connectivity index (χ4n) is 1.63. The molecule has 0 fully saturated rings. The van der Waals surface area contributed by atoms with Crippen LogP contribution in [-0.4, -0.2) is 24.5 Å². The molecule has 0 atom stereocenters. The molecule has 0 spiro atoms. The van der Waals surface area contributed by atoms with Gasteiger partial charge < -0.3 is 5.11 Å². The minimum Gasteiger partial charge on any atom is -0.478 e. The molecule has 0 saturated carbocycles. The molecule has 0 bridgehead atoms. The maximum absolute atomic E-state index is 12.3. The summed E-state index contributed by atoms with van der Waals surface area (Å²) in [5, 5.41) is 8.88. The number of hydrogen-bond donors (Lipinski definition) is 2. The number of carboxylic acid groups (broad SMARTS) is 1. The molecular formula is C13H11BrN2O4S. The highest BCUT2D eigenvalue weighted by molar-refractivity contribution is 9.10. The van der Waals surface area contributed by atoms with E-state index in [1.807, 2.05) is 0 Å². The molecule has 6 nitrogen and oxygen atoms in total. The second-order valence-corrected chi connectivity index (χ2v) is 6.73. The van der Waals surface area contributed by atoms with Gasteiger partial charge in [-0.25, -0.2) is 18.2 Å². The molecule has 0 aliphatic heterocycles. The standard InChI is InChI=1S/C13H11BrN2O4S/c1-8-3-2-6-15-12(8)16-21(19,20)11-5-4-9(13(17)18)7-10(11)14/h2-7H,1H3,(H,15,16)(H,17,18). The Morgan fingerprint density at radius 3 is 2.62 bits per heavy atom. The Morgan fingerprint density at radius 1 is 1.33 bits per heavy atom. The second-order valence-electron chi connectivity index (χ2n) is 4.22. The maximum Gasteiger partial charge on any atom is 0.335 e. The molecule has 1 aromatic carbocycles. The van der Waals surface area contributed by atoms with Crippen LogP contribution in [0.1, 0.15) is 15.9 Å². The summed E-state index contributed by atoms with van der Waals surface area (Å²) in [6, 6.07) is 7.13. The van der Waals surface area contributed by atoms with E-state index in [9.17, 15) is 13.2 Å². The highest BCUT2D eigenvalue weighted by Crippen LogP contribution is 2.25. The van der Waals surface area contributed by atoms with Crippen molar-refractivity contribution in [3.8, 4) is 0 Å². The van der Waals surface area contributed by atoms with Crippen LogP contribution in [0, 0.1) is 6.92 Å². The number of pyridine rings is 1. The van der Waals surface area contributed by atoms with Crippen molar-refractivity contribution in [3.63, 3.8) is 0 Å². The van der Waals surface area contributed by atoms with E-state index in [4.69, 9.17) is 5.11 Å². The van der Waals surface area contributed by atoms with Gasteiger partial charge in [0.15, 0.2) is 0 Å². The second kappa shape index (κ2) is 5.82. The van der Waals surface area contributed by atoms with Crippen LogP contribution in [0.4, 0.5) is 5.82 Å². The van der Waals surface area contributed by atoms with E-state index < -0.39 is 16.0 Å². The van der Waals surface area contributed by atoms with Crippen LogP contribution < -0.4 is 4.72 Å². The first-order valence-electron chi connectivity index (χ1n) is 5.78. The van der Waals surface area contributed by atoms with Crippen molar-refractivity contribution in [2.75, 3.05) is 4.72 Å². The lowest BCUT2D eigenvalue weighted by Gasteiger charge is -2.11. The van der Waals surface area contributed by atoms with Crippen LogP contribution in [-0.2, 0) is 10.0 Å². The van der Waals surface area contributed by atoms with E-state index >= 15 is 0 Å². The summed E-state index contributed by atoms with van der Waals surface area (Å²) < 4.78 is 27.2. The van der Waals surface area contributed by atoms with Gasteiger partial charge in [-0.3, -0.25) is 4.72 Å². The first-order valence-corrected chi connectivity index (χ1v) is 8.06. The van der Waals surface area contributed by atoms with Gasteiger partial charge in [-0.15, -0.1) is 0 Å². The number of nitrogens with zero attached hydrogens (tertiary/aromatic N) is 1. The average molecular weight is 371 g/mol. The van der Waals surface area contributed by atoms with Crippen molar-refractivity contribution in [1.29, 1.82) is 0 Å². The Morgan fingerprint density at radius 2 is 2.05 bits per heavy atom. The molecule has 8 heteroatoms. The smallest absolute Gasteiger partial charge is 0.335 e. The molecule has 0 radical (unpaired) electrons. The number of aromatic carboxylic acids is 1. The van der Waals surface area contributed by atoms with E-state index in [-0.39, 0.29) is 20.7 Å². The lowest BCUT2D eigenvalue weighted by Crippen LogP contribution is -2.15. The van der Waals surface area contributed by atoms with Crippen molar-refractivity contribution in [3.05, 3.63) is 52.1 Å². The van der Waals surface area contributed by atoms with Crippen LogP contribution >= 0.6 is 15.9 Å². The van der Waals surface area contributed by atoms with Gasteiger partial charge in [0.1, 0.15) is 10.7 Å². The lowest BCUT2D eigenvalue weighted by molar-refractivity contribution is 0.0696. The highest BCUT2D eigenvalue weighted by atomic mass is 79.9. The largest absolute Gasteiger partial charge is 0.478 e. The number of halogens is 1. The molecule has 2 aromatic rings. The Bertz CT molecular complexity index is 806. The molecule has 21 heavy (non-hydrogen) atoms. The number of sulfonamides is 1. The molecule has 2 N–H and O–H groups in total. The van der Waals surface area contributed by atoms with Gasteiger partial charge in [-0.05, 0) is 52.7 Å². The number of carbonyl (C=O) groups is 1. The van der Waals surface area contributed by atoms with E-state index in [0.717, 1.165) is 0 Å². The molecular weight excluding hydrogens is 360 g/mol. The third-order valence-corrected chi connectivity index (χ3v) is 5.02. The quantitative estimate of drug-likeness (QED) is 0.862. The summed E-state index contributed by atoms with van der Waals surface area (Å²) >= 11 is 3.08. The molecule has 2 rings (SSSR count). The highest BCUT2D eigenvalue weighted by Gasteiger charge is 2.20. The van der Waals surface area contributed by atoms with Crippen LogP contribution in [0.2, 0.25) is 0 Å². The summed E-state index contributed by atoms with van der Waals surface area (Å²) in [5.74, 6) is -0.903. The molecule has 1 aromatic heterocycles. The van der Waals surface area contributed by atoms with Crippen molar-refractivity contribution in [2.24, 2.45) is 0 Å². The van der Waals surface area contributed by atoms with Crippen LogP contribution in [0.15, 0.2) is 45.9 Å². The molecule has 0 unspecified atom stereocenters. The van der Waals surface area contributed by atoms with E-state index in [1.54, 1.807) is 19.1 Å². The summed E-state index contributed by atoms with van der Waals surface area (Å²) in [6.07, 6.45) is 1.48. The summed E-state index contributed by atoms with van der Waals surface area (Å²) in [7, 11) is -3.86. The minimum atomic E-state index is -3.86. The number of aryl methyl sites for hydroxylation is 1. The van der Waals surface area contributed by atoms with Gasteiger partial charge in [0.2, 0.25) is 0 Å². The molecule has 110 valence electrons. The Balaban J connectivity index is 2.41. The monoisotopic (exact) mass is 370 g/mol. The van der Waals surface area contributed by atoms with Crippen molar-refractivity contribution >= 4 is 37.7 Å². The normalized spacial score (nSPS) is 11.1. The third kappa shape index (κ3) is 3.40. The Kier molecular flexibility index (Phi) is 4.29. The predicted octanol–water partition coefficient (Wildman–Crippen LogP) is 2.65. The number of rotatable bonds is 4. The fraction of sp³-hybridized carbons (Fsp3) is 0.0769. The number of hydrogen-bond acceptors (Lipinski definition) is 4. The fourth-order valence-corrected chi connectivity index (χ4v) is 3.79.